The lowest BCUT2D eigenvalue weighted by Gasteiger charge is -2.06. The van der Waals surface area contributed by atoms with Gasteiger partial charge >= 0.3 is 11.9 Å². The molecule has 110 valence electrons. The van der Waals surface area contributed by atoms with E-state index in [1.54, 1.807) is 0 Å². The molecule has 0 radical (unpaired) electrons. The van der Waals surface area contributed by atoms with E-state index in [2.05, 4.69) is 14.2 Å². The molecule has 0 aromatic heterocycles. The largest absolute Gasteiger partial charge is 0.469 e. The topological polar surface area (TPSA) is 98.8 Å². The maximum atomic E-state index is 11.9. The number of carbonyl (C=O) groups is 2. The summed E-state index contributed by atoms with van der Waals surface area (Å²) in [6.45, 7) is -0.0617. The zero-order chi connectivity index (χ0) is 15.2. The predicted octanol–water partition coefficient (Wildman–Crippen LogP) is 0.315. The lowest BCUT2D eigenvalue weighted by atomic mass is 10.2. The second-order valence-corrected chi connectivity index (χ2v) is 5.51. The van der Waals surface area contributed by atoms with Crippen LogP contribution in [0.2, 0.25) is 0 Å². The van der Waals surface area contributed by atoms with Crippen LogP contribution in [0.15, 0.2) is 29.2 Å². The summed E-state index contributed by atoms with van der Waals surface area (Å²) < 4.78 is 34.9. The van der Waals surface area contributed by atoms with Gasteiger partial charge in [-0.05, 0) is 24.3 Å². The number of esters is 2. The molecule has 0 fully saturated rings. The van der Waals surface area contributed by atoms with Crippen LogP contribution >= 0.6 is 0 Å². The van der Waals surface area contributed by atoms with Crippen molar-refractivity contribution < 1.29 is 27.5 Å². The van der Waals surface area contributed by atoms with Gasteiger partial charge in [-0.15, -0.1) is 0 Å². The van der Waals surface area contributed by atoms with Crippen molar-refractivity contribution in [1.82, 2.24) is 4.72 Å². The summed E-state index contributed by atoms with van der Waals surface area (Å²) in [5.41, 5.74) is 0.251. The van der Waals surface area contributed by atoms with Crippen molar-refractivity contribution in [3.05, 3.63) is 29.8 Å². The van der Waals surface area contributed by atoms with Gasteiger partial charge in [-0.1, -0.05) is 0 Å². The van der Waals surface area contributed by atoms with Crippen LogP contribution in [0.5, 0.6) is 0 Å². The van der Waals surface area contributed by atoms with Crippen molar-refractivity contribution in [2.24, 2.45) is 0 Å². The van der Waals surface area contributed by atoms with Gasteiger partial charge < -0.3 is 9.47 Å². The SMILES string of the molecule is COC(=O)CCNS(=O)(=O)c1ccc(C(=O)OC)cc1. The number of rotatable bonds is 6. The number of ether oxygens (including phenoxy) is 2. The molecule has 8 heteroatoms. The van der Waals surface area contributed by atoms with Gasteiger partial charge in [-0.2, -0.15) is 0 Å². The normalized spacial score (nSPS) is 10.9. The molecule has 1 aromatic carbocycles. The molecule has 1 N–H and O–H groups in total. The molecule has 0 aliphatic rings. The van der Waals surface area contributed by atoms with Gasteiger partial charge in [0.25, 0.3) is 0 Å². The van der Waals surface area contributed by atoms with Crippen LogP contribution in [0.25, 0.3) is 0 Å². The molecule has 0 aliphatic heterocycles. The maximum Gasteiger partial charge on any atom is 0.337 e. The minimum atomic E-state index is -3.72. The van der Waals surface area contributed by atoms with Gasteiger partial charge in [-0.3, -0.25) is 4.79 Å². The molecule has 0 spiro atoms. The Kier molecular flexibility index (Phi) is 5.66. The average molecular weight is 301 g/mol. The fraction of sp³-hybridized carbons (Fsp3) is 0.333. The summed E-state index contributed by atoms with van der Waals surface area (Å²) in [7, 11) is -1.26. The summed E-state index contributed by atoms with van der Waals surface area (Å²) in [5, 5.41) is 0. The Balaban J connectivity index is 2.73. The highest BCUT2D eigenvalue weighted by molar-refractivity contribution is 7.89. The number of nitrogens with one attached hydrogen (secondary N) is 1. The zero-order valence-electron chi connectivity index (χ0n) is 11.1. The quantitative estimate of drug-likeness (QED) is 0.759. The first-order valence-corrected chi connectivity index (χ1v) is 7.14. The number of methoxy groups -OCH3 is 2. The van der Waals surface area contributed by atoms with E-state index in [9.17, 15) is 18.0 Å². The highest BCUT2D eigenvalue weighted by Gasteiger charge is 2.15. The molecule has 0 bridgehead atoms. The van der Waals surface area contributed by atoms with E-state index in [0.717, 1.165) is 0 Å². The number of hydrogen-bond acceptors (Lipinski definition) is 6. The van der Waals surface area contributed by atoms with E-state index < -0.39 is 22.0 Å². The molecule has 1 rings (SSSR count). The molecular weight excluding hydrogens is 286 g/mol. The Bertz CT molecular complexity index is 578. The summed E-state index contributed by atoms with van der Waals surface area (Å²) in [6, 6.07) is 5.26. The second-order valence-electron chi connectivity index (χ2n) is 3.74. The van der Waals surface area contributed by atoms with Gasteiger partial charge in [0, 0.05) is 6.54 Å². The minimum Gasteiger partial charge on any atom is -0.469 e. The van der Waals surface area contributed by atoms with Crippen molar-refractivity contribution >= 4 is 22.0 Å². The monoisotopic (exact) mass is 301 g/mol. The highest BCUT2D eigenvalue weighted by Crippen LogP contribution is 2.11. The van der Waals surface area contributed by atoms with Crippen LogP contribution in [-0.2, 0) is 24.3 Å². The van der Waals surface area contributed by atoms with Gasteiger partial charge in [-0.25, -0.2) is 17.9 Å². The third kappa shape index (κ3) is 4.32. The van der Waals surface area contributed by atoms with Crippen molar-refractivity contribution in [3.63, 3.8) is 0 Å². The van der Waals surface area contributed by atoms with Crippen molar-refractivity contribution in [1.29, 1.82) is 0 Å². The van der Waals surface area contributed by atoms with E-state index >= 15 is 0 Å². The third-order valence-corrected chi connectivity index (χ3v) is 3.91. The molecule has 0 saturated carbocycles. The number of carbonyl (C=O) groups excluding carboxylic acids is 2. The first-order chi connectivity index (χ1) is 9.40. The Labute approximate surface area is 116 Å². The van der Waals surface area contributed by atoms with Gasteiger partial charge in [0.1, 0.15) is 0 Å². The number of benzene rings is 1. The Morgan fingerprint density at radius 1 is 1.10 bits per heavy atom. The summed E-state index contributed by atoms with van der Waals surface area (Å²) in [6.07, 6.45) is -0.0595. The fourth-order valence-electron chi connectivity index (χ4n) is 1.36. The van der Waals surface area contributed by atoms with Crippen molar-refractivity contribution in [2.45, 2.75) is 11.3 Å². The molecular formula is C12H15NO6S. The van der Waals surface area contributed by atoms with Gasteiger partial charge in [0.05, 0.1) is 31.1 Å². The van der Waals surface area contributed by atoms with Crippen LogP contribution in [0.1, 0.15) is 16.8 Å². The first-order valence-electron chi connectivity index (χ1n) is 5.65. The minimum absolute atomic E-state index is 0.00461. The van der Waals surface area contributed by atoms with Crippen LogP contribution < -0.4 is 4.72 Å². The standard InChI is InChI=1S/C12H15NO6S/c1-18-11(14)7-8-13-20(16,17)10-5-3-9(4-6-10)12(15)19-2/h3-6,13H,7-8H2,1-2H3. The van der Waals surface area contributed by atoms with Crippen molar-refractivity contribution in [2.75, 3.05) is 20.8 Å². The van der Waals surface area contributed by atoms with Crippen LogP contribution in [0.4, 0.5) is 0 Å². The lowest BCUT2D eigenvalue weighted by Crippen LogP contribution is -2.26. The van der Waals surface area contributed by atoms with Gasteiger partial charge in [0.15, 0.2) is 0 Å². The molecule has 7 nitrogen and oxygen atoms in total. The van der Waals surface area contributed by atoms with E-state index in [-0.39, 0.29) is 23.4 Å². The summed E-state index contributed by atoms with van der Waals surface area (Å²) >= 11 is 0. The average Bonchev–Trinajstić information content (AvgIpc) is 2.46. The number of sulfonamides is 1. The third-order valence-electron chi connectivity index (χ3n) is 2.43. The lowest BCUT2D eigenvalue weighted by molar-refractivity contribution is -0.140. The molecule has 0 unspecified atom stereocenters. The highest BCUT2D eigenvalue weighted by atomic mass is 32.2. The Hall–Kier alpha value is -1.93. The van der Waals surface area contributed by atoms with Crippen LogP contribution in [0, 0.1) is 0 Å². The summed E-state index contributed by atoms with van der Waals surface area (Å²) in [4.78, 5) is 22.1. The second kappa shape index (κ2) is 7.01. The van der Waals surface area contributed by atoms with Gasteiger partial charge in [0.2, 0.25) is 10.0 Å². The zero-order valence-corrected chi connectivity index (χ0v) is 11.9. The Morgan fingerprint density at radius 3 is 2.20 bits per heavy atom. The van der Waals surface area contributed by atoms with E-state index in [4.69, 9.17) is 0 Å². The van der Waals surface area contributed by atoms with Crippen LogP contribution in [0.3, 0.4) is 0 Å². The molecule has 0 aliphatic carbocycles. The molecule has 20 heavy (non-hydrogen) atoms. The Morgan fingerprint density at radius 2 is 1.70 bits per heavy atom. The van der Waals surface area contributed by atoms with E-state index in [1.807, 2.05) is 0 Å². The molecule has 1 aromatic rings. The molecule has 0 saturated heterocycles. The molecule has 0 atom stereocenters. The number of hydrogen-bond donors (Lipinski definition) is 1. The van der Waals surface area contributed by atoms with Crippen LogP contribution in [-0.4, -0.2) is 41.1 Å². The molecule has 0 heterocycles. The van der Waals surface area contributed by atoms with E-state index in [1.165, 1.54) is 38.5 Å². The fourth-order valence-corrected chi connectivity index (χ4v) is 2.39. The predicted molar refractivity (Wildman–Crippen MR) is 69.6 cm³/mol. The smallest absolute Gasteiger partial charge is 0.337 e. The first kappa shape index (κ1) is 16.1. The van der Waals surface area contributed by atoms with Crippen molar-refractivity contribution in [3.8, 4) is 0 Å². The van der Waals surface area contributed by atoms with E-state index in [0.29, 0.717) is 0 Å². The summed E-state index contributed by atoms with van der Waals surface area (Å²) in [5.74, 6) is -1.05. The molecule has 0 amide bonds. The maximum absolute atomic E-state index is 11.9.